The Balaban J connectivity index is 1.41. The topological polar surface area (TPSA) is 78.9 Å². The first-order valence-corrected chi connectivity index (χ1v) is 12.8. The van der Waals surface area contributed by atoms with Crippen LogP contribution < -0.4 is 15.0 Å². The van der Waals surface area contributed by atoms with Crippen LogP contribution in [0.3, 0.4) is 0 Å². The molecule has 1 saturated heterocycles. The molecule has 2 aromatic rings. The first-order valence-electron chi connectivity index (χ1n) is 10.8. The zero-order valence-electron chi connectivity index (χ0n) is 18.8. The number of carbonyl (C=O) groups is 1. The summed E-state index contributed by atoms with van der Waals surface area (Å²) in [5.74, 6) is -0.167. The maximum Gasteiger partial charge on any atom is 0.263 e. The Morgan fingerprint density at radius 3 is 2.27 bits per heavy atom. The van der Waals surface area contributed by atoms with E-state index in [4.69, 9.17) is 16.3 Å². The Morgan fingerprint density at radius 2 is 1.67 bits per heavy atom. The Morgan fingerprint density at radius 1 is 1.06 bits per heavy atom. The lowest BCUT2D eigenvalue weighted by molar-refractivity contribution is -0.134. The minimum atomic E-state index is -3.43. The molecule has 180 valence electrons. The van der Waals surface area contributed by atoms with Gasteiger partial charge >= 0.3 is 0 Å². The van der Waals surface area contributed by atoms with Crippen molar-refractivity contribution in [3.05, 3.63) is 59.4 Å². The Bertz CT molecular complexity index is 1040. The van der Waals surface area contributed by atoms with Crippen molar-refractivity contribution < 1.29 is 22.3 Å². The second-order valence-electron chi connectivity index (χ2n) is 8.35. The number of anilines is 1. The molecule has 0 bridgehead atoms. The quantitative estimate of drug-likeness (QED) is 0.538. The second-order valence-corrected chi connectivity index (χ2v) is 10.9. The zero-order valence-corrected chi connectivity index (χ0v) is 20.3. The van der Waals surface area contributed by atoms with Gasteiger partial charge in [-0.15, -0.1) is 0 Å². The lowest BCUT2D eigenvalue weighted by Crippen LogP contribution is -2.50. The maximum atomic E-state index is 13.1. The van der Waals surface area contributed by atoms with Crippen LogP contribution in [0.5, 0.6) is 5.75 Å². The third kappa shape index (κ3) is 7.06. The van der Waals surface area contributed by atoms with E-state index in [2.05, 4.69) is 5.32 Å². The second kappa shape index (κ2) is 10.7. The van der Waals surface area contributed by atoms with Crippen LogP contribution >= 0.6 is 11.6 Å². The SMILES string of the molecule is CC(C)(Oc1ccc(Cl)cc1)C(=O)NCCCS(=O)(=O)N1CCN(c2ccc(F)cc2)CC1. The van der Waals surface area contributed by atoms with Crippen LogP contribution in [0.4, 0.5) is 10.1 Å². The van der Waals surface area contributed by atoms with Crippen LogP contribution in [0.15, 0.2) is 48.5 Å². The van der Waals surface area contributed by atoms with Crippen molar-refractivity contribution in [2.24, 2.45) is 0 Å². The Kier molecular flexibility index (Phi) is 8.20. The van der Waals surface area contributed by atoms with Crippen LogP contribution in [0.25, 0.3) is 0 Å². The Labute approximate surface area is 199 Å². The maximum absolute atomic E-state index is 13.1. The van der Waals surface area contributed by atoms with E-state index >= 15 is 0 Å². The molecule has 0 radical (unpaired) electrons. The van der Waals surface area contributed by atoms with Gasteiger partial charge in [-0.1, -0.05) is 11.6 Å². The van der Waals surface area contributed by atoms with E-state index in [0.29, 0.717) is 43.4 Å². The number of halogens is 2. The van der Waals surface area contributed by atoms with E-state index in [-0.39, 0.29) is 24.0 Å². The molecule has 1 N–H and O–H groups in total. The first kappa shape index (κ1) is 25.3. The summed E-state index contributed by atoms with van der Waals surface area (Å²) in [6.45, 7) is 5.33. The molecule has 0 unspecified atom stereocenters. The van der Waals surface area contributed by atoms with Crippen LogP contribution in [-0.4, -0.2) is 62.7 Å². The fourth-order valence-electron chi connectivity index (χ4n) is 3.52. The predicted octanol–water partition coefficient (Wildman–Crippen LogP) is 3.29. The van der Waals surface area contributed by atoms with Gasteiger partial charge in [0.2, 0.25) is 10.0 Å². The van der Waals surface area contributed by atoms with Crippen LogP contribution in [0.1, 0.15) is 20.3 Å². The first-order chi connectivity index (χ1) is 15.6. The molecule has 1 amide bonds. The average Bonchev–Trinajstić information content (AvgIpc) is 2.78. The van der Waals surface area contributed by atoms with Gasteiger partial charge in [-0.25, -0.2) is 12.8 Å². The molecular formula is C23H29ClFN3O4S. The highest BCUT2D eigenvalue weighted by atomic mass is 35.5. The van der Waals surface area contributed by atoms with Gasteiger partial charge in [0, 0.05) is 43.4 Å². The molecule has 2 aromatic carbocycles. The summed E-state index contributed by atoms with van der Waals surface area (Å²) in [6.07, 6.45) is 0.295. The number of piperazine rings is 1. The smallest absolute Gasteiger partial charge is 0.263 e. The molecule has 0 aliphatic carbocycles. The standard InChI is InChI=1S/C23H29ClFN3O4S/c1-23(2,32-21-10-4-18(24)5-11-21)22(29)26-12-3-17-33(30,31)28-15-13-27(14-16-28)20-8-6-19(25)7-9-20/h4-11H,3,12-17H2,1-2H3,(H,26,29). The highest BCUT2D eigenvalue weighted by Crippen LogP contribution is 2.21. The van der Waals surface area contributed by atoms with Crippen molar-refractivity contribution in [3.8, 4) is 5.75 Å². The summed E-state index contributed by atoms with van der Waals surface area (Å²) in [4.78, 5) is 14.5. The van der Waals surface area contributed by atoms with Crippen molar-refractivity contribution in [2.75, 3.05) is 43.4 Å². The van der Waals surface area contributed by atoms with E-state index in [1.807, 2.05) is 4.90 Å². The summed E-state index contributed by atoms with van der Waals surface area (Å²) in [6, 6.07) is 12.9. The fourth-order valence-corrected chi connectivity index (χ4v) is 5.13. The summed E-state index contributed by atoms with van der Waals surface area (Å²) in [7, 11) is -3.43. The fraction of sp³-hybridized carbons (Fsp3) is 0.435. The van der Waals surface area contributed by atoms with E-state index in [9.17, 15) is 17.6 Å². The highest BCUT2D eigenvalue weighted by molar-refractivity contribution is 7.89. The molecule has 1 heterocycles. The summed E-state index contributed by atoms with van der Waals surface area (Å²) in [5.41, 5.74) is -0.247. The largest absolute Gasteiger partial charge is 0.478 e. The molecular weight excluding hydrogens is 469 g/mol. The summed E-state index contributed by atoms with van der Waals surface area (Å²) < 4.78 is 45.7. The molecule has 0 aromatic heterocycles. The van der Waals surface area contributed by atoms with Gasteiger partial charge in [-0.3, -0.25) is 4.79 Å². The van der Waals surface area contributed by atoms with Crippen molar-refractivity contribution in [1.82, 2.24) is 9.62 Å². The zero-order chi connectivity index (χ0) is 24.1. The molecule has 1 aliphatic heterocycles. The lowest BCUT2D eigenvalue weighted by atomic mass is 10.1. The van der Waals surface area contributed by atoms with E-state index in [0.717, 1.165) is 5.69 Å². The minimum absolute atomic E-state index is 0.0533. The van der Waals surface area contributed by atoms with Crippen LogP contribution in [-0.2, 0) is 14.8 Å². The molecule has 7 nitrogen and oxygen atoms in total. The lowest BCUT2D eigenvalue weighted by Gasteiger charge is -2.35. The Hall–Kier alpha value is -2.36. The minimum Gasteiger partial charge on any atom is -0.478 e. The van der Waals surface area contributed by atoms with Gasteiger partial charge < -0.3 is 15.0 Å². The van der Waals surface area contributed by atoms with Crippen molar-refractivity contribution in [1.29, 1.82) is 0 Å². The monoisotopic (exact) mass is 497 g/mol. The molecule has 33 heavy (non-hydrogen) atoms. The van der Waals surface area contributed by atoms with E-state index in [1.165, 1.54) is 16.4 Å². The third-order valence-electron chi connectivity index (χ3n) is 5.42. The molecule has 1 aliphatic rings. The molecule has 0 spiro atoms. The van der Waals surface area contributed by atoms with Gasteiger partial charge in [0.15, 0.2) is 5.60 Å². The van der Waals surface area contributed by atoms with Crippen molar-refractivity contribution in [2.45, 2.75) is 25.9 Å². The number of carbonyl (C=O) groups excluding carboxylic acids is 1. The van der Waals surface area contributed by atoms with Crippen molar-refractivity contribution >= 4 is 33.2 Å². The van der Waals surface area contributed by atoms with Gasteiger partial charge in [-0.2, -0.15) is 4.31 Å². The van der Waals surface area contributed by atoms with E-state index in [1.54, 1.807) is 50.2 Å². The highest BCUT2D eigenvalue weighted by Gasteiger charge is 2.30. The molecule has 0 saturated carbocycles. The third-order valence-corrected chi connectivity index (χ3v) is 7.63. The normalized spacial score (nSPS) is 15.3. The number of nitrogens with zero attached hydrogens (tertiary/aromatic N) is 2. The van der Waals surface area contributed by atoms with Crippen LogP contribution in [0.2, 0.25) is 5.02 Å². The van der Waals surface area contributed by atoms with Gasteiger partial charge in [0.1, 0.15) is 11.6 Å². The molecule has 3 rings (SSSR count). The van der Waals surface area contributed by atoms with E-state index < -0.39 is 15.6 Å². The van der Waals surface area contributed by atoms with Crippen molar-refractivity contribution in [3.63, 3.8) is 0 Å². The predicted molar refractivity (Wildman–Crippen MR) is 128 cm³/mol. The number of nitrogens with one attached hydrogen (secondary N) is 1. The summed E-state index contributed by atoms with van der Waals surface area (Å²) in [5, 5.41) is 3.32. The number of hydrogen-bond donors (Lipinski definition) is 1. The van der Waals surface area contributed by atoms with Gasteiger partial charge in [-0.05, 0) is 68.8 Å². The average molecular weight is 498 g/mol. The van der Waals surface area contributed by atoms with Gasteiger partial charge in [0.25, 0.3) is 5.91 Å². The van der Waals surface area contributed by atoms with Crippen LogP contribution in [0, 0.1) is 5.82 Å². The number of hydrogen-bond acceptors (Lipinski definition) is 5. The number of amides is 1. The molecule has 0 atom stereocenters. The van der Waals surface area contributed by atoms with Gasteiger partial charge in [0.05, 0.1) is 5.75 Å². The molecule has 10 heteroatoms. The number of sulfonamides is 1. The summed E-state index contributed by atoms with van der Waals surface area (Å²) >= 11 is 5.86. The molecule has 1 fully saturated rings. The number of ether oxygens (including phenoxy) is 1. The number of rotatable bonds is 9. The number of benzene rings is 2.